The van der Waals surface area contributed by atoms with Gasteiger partial charge in [0.25, 0.3) is 5.69 Å². The highest BCUT2D eigenvalue weighted by atomic mass is 16.6. The van der Waals surface area contributed by atoms with Crippen molar-refractivity contribution >= 4 is 11.6 Å². The fraction of sp³-hybridized carbons (Fsp3) is 0.435. The van der Waals surface area contributed by atoms with E-state index in [-0.39, 0.29) is 5.69 Å². The zero-order valence-corrected chi connectivity index (χ0v) is 18.7. The van der Waals surface area contributed by atoms with Crippen molar-refractivity contribution in [3.63, 3.8) is 0 Å². The molecule has 9 heteroatoms. The molecule has 0 bridgehead atoms. The molecular weight excluding hydrogens is 412 g/mol. The predicted octanol–water partition coefficient (Wildman–Crippen LogP) is 3.23. The first-order chi connectivity index (χ1) is 15.5. The first-order valence-corrected chi connectivity index (χ1v) is 10.5. The molecule has 0 spiro atoms. The number of aliphatic imine (C=N–C) groups is 1. The van der Waals surface area contributed by atoms with E-state index in [9.17, 15) is 10.1 Å². The molecule has 2 aromatic rings. The summed E-state index contributed by atoms with van der Waals surface area (Å²) in [6.45, 7) is 3.30. The topological polar surface area (TPSA) is 98.5 Å². The van der Waals surface area contributed by atoms with Crippen LogP contribution >= 0.6 is 0 Å². The van der Waals surface area contributed by atoms with Crippen LogP contribution in [0.3, 0.4) is 0 Å². The Morgan fingerprint density at radius 1 is 1.25 bits per heavy atom. The average Bonchev–Trinajstić information content (AvgIpc) is 3.33. The van der Waals surface area contributed by atoms with Crippen molar-refractivity contribution in [1.29, 1.82) is 0 Å². The largest absolute Gasteiger partial charge is 0.497 e. The maximum Gasteiger partial charge on any atom is 0.269 e. The number of benzene rings is 2. The molecule has 1 heterocycles. The summed E-state index contributed by atoms with van der Waals surface area (Å²) in [5.74, 6) is 2.67. The van der Waals surface area contributed by atoms with Crippen molar-refractivity contribution in [2.45, 2.75) is 19.5 Å². The molecule has 1 saturated heterocycles. The van der Waals surface area contributed by atoms with Gasteiger partial charge in [0.05, 0.1) is 32.3 Å². The van der Waals surface area contributed by atoms with E-state index in [1.54, 1.807) is 26.4 Å². The molecule has 1 aliphatic rings. The normalized spacial score (nSPS) is 16.0. The Morgan fingerprint density at radius 3 is 2.66 bits per heavy atom. The molecule has 1 fully saturated rings. The van der Waals surface area contributed by atoms with Gasteiger partial charge in [-0.1, -0.05) is 12.1 Å². The molecule has 0 aliphatic carbocycles. The van der Waals surface area contributed by atoms with Crippen molar-refractivity contribution < 1.29 is 19.1 Å². The SMILES string of the molecule is COc1ccc(CN(C)C(=NCc2ccc([N+](=O)[O-])cc2)NCC2CCOC2)c(OC)c1. The molecule has 0 saturated carbocycles. The van der Waals surface area contributed by atoms with Gasteiger partial charge in [-0.25, -0.2) is 4.99 Å². The molecule has 2 aromatic carbocycles. The van der Waals surface area contributed by atoms with Crippen molar-refractivity contribution in [3.8, 4) is 11.5 Å². The van der Waals surface area contributed by atoms with E-state index >= 15 is 0 Å². The molecule has 32 heavy (non-hydrogen) atoms. The molecule has 1 N–H and O–H groups in total. The van der Waals surface area contributed by atoms with Gasteiger partial charge in [0.15, 0.2) is 5.96 Å². The summed E-state index contributed by atoms with van der Waals surface area (Å²) >= 11 is 0. The Kier molecular flexibility index (Phi) is 8.27. The van der Waals surface area contributed by atoms with Gasteiger partial charge in [-0.15, -0.1) is 0 Å². The van der Waals surface area contributed by atoms with E-state index in [0.717, 1.165) is 54.8 Å². The number of rotatable bonds is 9. The fourth-order valence-corrected chi connectivity index (χ4v) is 3.49. The zero-order valence-electron chi connectivity index (χ0n) is 18.7. The minimum atomic E-state index is -0.403. The van der Waals surface area contributed by atoms with Crippen molar-refractivity contribution in [2.75, 3.05) is 41.0 Å². The van der Waals surface area contributed by atoms with Crippen LogP contribution in [-0.2, 0) is 17.8 Å². The number of nitro groups is 1. The molecule has 0 radical (unpaired) electrons. The lowest BCUT2D eigenvalue weighted by Crippen LogP contribution is -2.41. The summed E-state index contributed by atoms with van der Waals surface area (Å²) in [6, 6.07) is 12.2. The summed E-state index contributed by atoms with van der Waals surface area (Å²) in [5.41, 5.74) is 1.97. The van der Waals surface area contributed by atoms with Crippen LogP contribution in [0.4, 0.5) is 5.69 Å². The lowest BCUT2D eigenvalue weighted by molar-refractivity contribution is -0.384. The summed E-state index contributed by atoms with van der Waals surface area (Å²) in [6.07, 6.45) is 1.03. The van der Waals surface area contributed by atoms with Crippen molar-refractivity contribution in [3.05, 3.63) is 63.7 Å². The molecule has 9 nitrogen and oxygen atoms in total. The monoisotopic (exact) mass is 442 g/mol. The van der Waals surface area contributed by atoms with E-state index in [0.29, 0.717) is 19.0 Å². The van der Waals surface area contributed by atoms with E-state index in [4.69, 9.17) is 19.2 Å². The second kappa shape index (κ2) is 11.3. The summed E-state index contributed by atoms with van der Waals surface area (Å²) in [4.78, 5) is 17.3. The van der Waals surface area contributed by atoms with Crippen molar-refractivity contribution in [1.82, 2.24) is 10.2 Å². The van der Waals surface area contributed by atoms with Gasteiger partial charge in [-0.3, -0.25) is 10.1 Å². The highest BCUT2D eigenvalue weighted by molar-refractivity contribution is 5.79. The van der Waals surface area contributed by atoms with Gasteiger partial charge < -0.3 is 24.4 Å². The molecule has 1 aliphatic heterocycles. The zero-order chi connectivity index (χ0) is 22.9. The number of nitrogens with one attached hydrogen (secondary N) is 1. The van der Waals surface area contributed by atoms with Crippen LogP contribution in [0.25, 0.3) is 0 Å². The Bertz CT molecular complexity index is 926. The number of hydrogen-bond donors (Lipinski definition) is 1. The minimum absolute atomic E-state index is 0.0704. The first-order valence-electron chi connectivity index (χ1n) is 10.5. The predicted molar refractivity (Wildman–Crippen MR) is 122 cm³/mol. The van der Waals surface area contributed by atoms with Gasteiger partial charge in [0.2, 0.25) is 0 Å². The number of nitro benzene ring substituents is 1. The second-order valence-corrected chi connectivity index (χ2v) is 7.71. The van der Waals surface area contributed by atoms with Gasteiger partial charge in [0, 0.05) is 56.4 Å². The van der Waals surface area contributed by atoms with E-state index in [1.807, 2.05) is 30.1 Å². The third-order valence-corrected chi connectivity index (χ3v) is 5.39. The number of nitrogens with zero attached hydrogens (tertiary/aromatic N) is 3. The summed E-state index contributed by atoms with van der Waals surface area (Å²) < 4.78 is 16.3. The molecule has 1 unspecified atom stereocenters. The molecule has 0 aromatic heterocycles. The van der Waals surface area contributed by atoms with Crippen LogP contribution < -0.4 is 14.8 Å². The van der Waals surface area contributed by atoms with E-state index < -0.39 is 4.92 Å². The number of methoxy groups -OCH3 is 2. The third-order valence-electron chi connectivity index (χ3n) is 5.39. The van der Waals surface area contributed by atoms with Gasteiger partial charge >= 0.3 is 0 Å². The smallest absolute Gasteiger partial charge is 0.269 e. The molecule has 0 amide bonds. The Balaban J connectivity index is 1.74. The highest BCUT2D eigenvalue weighted by Crippen LogP contribution is 2.25. The van der Waals surface area contributed by atoms with Gasteiger partial charge in [-0.05, 0) is 24.1 Å². The van der Waals surface area contributed by atoms with Crippen LogP contribution in [-0.4, -0.2) is 56.8 Å². The van der Waals surface area contributed by atoms with Gasteiger partial charge in [-0.2, -0.15) is 0 Å². The number of non-ortho nitro benzene ring substituents is 1. The maximum absolute atomic E-state index is 10.9. The lowest BCUT2D eigenvalue weighted by atomic mass is 10.1. The second-order valence-electron chi connectivity index (χ2n) is 7.71. The Hall–Kier alpha value is -3.33. The Morgan fingerprint density at radius 2 is 2.03 bits per heavy atom. The van der Waals surface area contributed by atoms with E-state index in [1.165, 1.54) is 12.1 Å². The summed E-state index contributed by atoms with van der Waals surface area (Å²) in [7, 11) is 5.23. The molecule has 1 atom stereocenters. The number of ether oxygens (including phenoxy) is 3. The summed E-state index contributed by atoms with van der Waals surface area (Å²) in [5, 5.41) is 14.3. The third kappa shape index (κ3) is 6.34. The van der Waals surface area contributed by atoms with Crippen LogP contribution in [0.2, 0.25) is 0 Å². The standard InChI is InChI=1S/C23H30N4O5/c1-26(15-19-6-9-21(30-2)12-22(19)31-3)23(25-14-18-10-11-32-16-18)24-13-17-4-7-20(8-5-17)27(28)29/h4-9,12,18H,10-11,13-16H2,1-3H3,(H,24,25). The maximum atomic E-state index is 10.9. The Labute approximate surface area is 188 Å². The number of hydrogen-bond acceptors (Lipinski definition) is 6. The van der Waals surface area contributed by atoms with Crippen LogP contribution in [0.1, 0.15) is 17.5 Å². The fourth-order valence-electron chi connectivity index (χ4n) is 3.49. The van der Waals surface area contributed by atoms with Crippen molar-refractivity contribution in [2.24, 2.45) is 10.9 Å². The van der Waals surface area contributed by atoms with E-state index in [2.05, 4.69) is 5.32 Å². The highest BCUT2D eigenvalue weighted by Gasteiger charge is 2.18. The van der Waals surface area contributed by atoms with Gasteiger partial charge in [0.1, 0.15) is 11.5 Å². The first kappa shape index (κ1) is 23.3. The average molecular weight is 443 g/mol. The molecular formula is C23H30N4O5. The van der Waals surface area contributed by atoms with Crippen LogP contribution in [0.15, 0.2) is 47.5 Å². The quantitative estimate of drug-likeness (QED) is 0.276. The molecule has 172 valence electrons. The van der Waals surface area contributed by atoms with Crippen LogP contribution in [0, 0.1) is 16.0 Å². The minimum Gasteiger partial charge on any atom is -0.497 e. The van der Waals surface area contributed by atoms with Crippen LogP contribution in [0.5, 0.6) is 11.5 Å². The lowest BCUT2D eigenvalue weighted by Gasteiger charge is -2.24. The number of guanidine groups is 1. The molecule has 3 rings (SSSR count).